The molecule has 3 heterocycles. The number of hydrogen-bond donors (Lipinski definition) is 2. The zero-order valence-corrected chi connectivity index (χ0v) is 7.62. The first kappa shape index (κ1) is 7.92. The number of nitrogen functional groups attached to an aromatic ring is 1. The predicted molar refractivity (Wildman–Crippen MR) is 52.8 cm³/mol. The van der Waals surface area contributed by atoms with E-state index in [1.165, 1.54) is 4.52 Å². The molecule has 7 heteroatoms. The van der Waals surface area contributed by atoms with Gasteiger partial charge in [-0.1, -0.05) is 0 Å². The van der Waals surface area contributed by atoms with E-state index in [0.29, 0.717) is 5.65 Å². The first-order chi connectivity index (χ1) is 7.33. The van der Waals surface area contributed by atoms with E-state index < -0.39 is 0 Å². The van der Waals surface area contributed by atoms with Crippen molar-refractivity contribution in [2.24, 2.45) is 0 Å². The Kier molecular flexibility index (Phi) is 1.46. The summed E-state index contributed by atoms with van der Waals surface area (Å²) in [6.45, 7) is 0. The number of aromatic amines is 1. The Hall–Kier alpha value is -2.44. The highest BCUT2D eigenvalue weighted by Crippen LogP contribution is 2.15. The van der Waals surface area contributed by atoms with Crippen LogP contribution in [0.15, 0.2) is 24.8 Å². The molecule has 0 fully saturated rings. The molecule has 3 N–H and O–H groups in total. The Morgan fingerprint density at radius 2 is 2.33 bits per heavy atom. The highest BCUT2D eigenvalue weighted by atomic mass is 15.3. The number of fused-ring (bicyclic) bond motifs is 1. The lowest BCUT2D eigenvalue weighted by atomic mass is 10.2. The fourth-order valence-corrected chi connectivity index (χ4v) is 1.36. The second kappa shape index (κ2) is 2.77. The number of aromatic nitrogens is 6. The molecule has 74 valence electrons. The molecule has 3 aromatic rings. The van der Waals surface area contributed by atoms with Gasteiger partial charge in [-0.25, -0.2) is 9.50 Å². The van der Waals surface area contributed by atoms with E-state index in [1.807, 2.05) is 0 Å². The summed E-state index contributed by atoms with van der Waals surface area (Å²) in [5.74, 6) is 0.237. The molecule has 0 saturated heterocycles. The number of nitrogens with zero attached hydrogens (tertiary/aromatic N) is 5. The SMILES string of the molecule is Nc1nc2cc(-c3cn[nH]c3)ncn2n1. The molecule has 0 aliphatic rings. The van der Waals surface area contributed by atoms with Crippen LogP contribution in [0.25, 0.3) is 16.9 Å². The molecule has 0 atom stereocenters. The fourth-order valence-electron chi connectivity index (χ4n) is 1.36. The van der Waals surface area contributed by atoms with Gasteiger partial charge in [-0.2, -0.15) is 10.1 Å². The maximum Gasteiger partial charge on any atom is 0.240 e. The van der Waals surface area contributed by atoms with E-state index in [1.54, 1.807) is 24.8 Å². The second-order valence-electron chi connectivity index (χ2n) is 3.03. The topological polar surface area (TPSA) is 97.8 Å². The first-order valence-electron chi connectivity index (χ1n) is 4.30. The third kappa shape index (κ3) is 1.21. The molecule has 0 radical (unpaired) electrons. The minimum Gasteiger partial charge on any atom is -0.366 e. The summed E-state index contributed by atoms with van der Waals surface area (Å²) in [6, 6.07) is 1.80. The van der Waals surface area contributed by atoms with Crippen molar-refractivity contribution < 1.29 is 0 Å². The van der Waals surface area contributed by atoms with Crippen molar-refractivity contribution in [3.63, 3.8) is 0 Å². The van der Waals surface area contributed by atoms with Crippen LogP contribution < -0.4 is 5.73 Å². The molecule has 0 aromatic carbocycles. The van der Waals surface area contributed by atoms with E-state index in [2.05, 4.69) is 25.3 Å². The third-order valence-corrected chi connectivity index (χ3v) is 2.04. The second-order valence-corrected chi connectivity index (χ2v) is 3.03. The molecule has 0 unspecified atom stereocenters. The van der Waals surface area contributed by atoms with E-state index in [-0.39, 0.29) is 5.95 Å². The number of rotatable bonds is 1. The van der Waals surface area contributed by atoms with Crippen molar-refractivity contribution in [3.8, 4) is 11.3 Å². The van der Waals surface area contributed by atoms with E-state index in [4.69, 9.17) is 5.73 Å². The Labute approximate surface area is 84.0 Å². The van der Waals surface area contributed by atoms with Crippen molar-refractivity contribution in [3.05, 3.63) is 24.8 Å². The average molecular weight is 201 g/mol. The molecule has 0 amide bonds. The molecular weight excluding hydrogens is 194 g/mol. The van der Waals surface area contributed by atoms with Gasteiger partial charge in [-0.05, 0) is 0 Å². The Morgan fingerprint density at radius 3 is 3.13 bits per heavy atom. The van der Waals surface area contributed by atoms with Gasteiger partial charge in [0.25, 0.3) is 0 Å². The summed E-state index contributed by atoms with van der Waals surface area (Å²) >= 11 is 0. The van der Waals surface area contributed by atoms with Gasteiger partial charge in [0.15, 0.2) is 5.65 Å². The summed E-state index contributed by atoms with van der Waals surface area (Å²) in [5, 5.41) is 10.5. The van der Waals surface area contributed by atoms with Crippen molar-refractivity contribution in [2.45, 2.75) is 0 Å². The normalized spacial score (nSPS) is 10.9. The van der Waals surface area contributed by atoms with Gasteiger partial charge >= 0.3 is 0 Å². The van der Waals surface area contributed by atoms with Crippen LogP contribution in [0.2, 0.25) is 0 Å². The minimum atomic E-state index is 0.237. The average Bonchev–Trinajstić information content (AvgIpc) is 2.82. The van der Waals surface area contributed by atoms with Crippen molar-refractivity contribution in [2.75, 3.05) is 5.73 Å². The van der Waals surface area contributed by atoms with Crippen molar-refractivity contribution in [1.29, 1.82) is 0 Å². The zero-order chi connectivity index (χ0) is 10.3. The summed E-state index contributed by atoms with van der Waals surface area (Å²) in [5.41, 5.74) is 7.82. The van der Waals surface area contributed by atoms with E-state index in [9.17, 15) is 0 Å². The monoisotopic (exact) mass is 201 g/mol. The number of H-pyrrole nitrogens is 1. The fraction of sp³-hybridized carbons (Fsp3) is 0. The smallest absolute Gasteiger partial charge is 0.240 e. The van der Waals surface area contributed by atoms with Crippen LogP contribution in [0.4, 0.5) is 5.95 Å². The molecule has 0 spiro atoms. The van der Waals surface area contributed by atoms with Crippen LogP contribution >= 0.6 is 0 Å². The van der Waals surface area contributed by atoms with E-state index in [0.717, 1.165) is 11.3 Å². The largest absolute Gasteiger partial charge is 0.366 e. The number of nitrogens with two attached hydrogens (primary N) is 1. The van der Waals surface area contributed by atoms with Crippen molar-refractivity contribution >= 4 is 11.6 Å². The molecular formula is C8H7N7. The van der Waals surface area contributed by atoms with Gasteiger partial charge < -0.3 is 5.73 Å². The van der Waals surface area contributed by atoms with Crippen LogP contribution in [-0.4, -0.2) is 29.8 Å². The van der Waals surface area contributed by atoms with Crippen LogP contribution in [-0.2, 0) is 0 Å². The molecule has 7 nitrogen and oxygen atoms in total. The van der Waals surface area contributed by atoms with Gasteiger partial charge in [-0.15, -0.1) is 5.10 Å². The number of anilines is 1. The van der Waals surface area contributed by atoms with Gasteiger partial charge in [-0.3, -0.25) is 5.10 Å². The molecule has 3 rings (SSSR count). The lowest BCUT2D eigenvalue weighted by molar-refractivity contribution is 0.929. The van der Waals surface area contributed by atoms with Crippen LogP contribution in [0.3, 0.4) is 0 Å². The molecule has 0 aliphatic heterocycles. The van der Waals surface area contributed by atoms with Crippen LogP contribution in [0.5, 0.6) is 0 Å². The molecule has 0 saturated carbocycles. The molecule has 0 aliphatic carbocycles. The van der Waals surface area contributed by atoms with Gasteiger partial charge in [0.2, 0.25) is 5.95 Å². The Bertz CT molecular complexity index is 595. The van der Waals surface area contributed by atoms with Gasteiger partial charge in [0.05, 0.1) is 11.9 Å². The van der Waals surface area contributed by atoms with Gasteiger partial charge in [0, 0.05) is 17.8 Å². The molecule has 0 bridgehead atoms. The first-order valence-corrected chi connectivity index (χ1v) is 4.30. The maximum atomic E-state index is 5.47. The maximum absolute atomic E-state index is 5.47. The lowest BCUT2D eigenvalue weighted by Gasteiger charge is -1.95. The number of hydrogen-bond acceptors (Lipinski definition) is 5. The van der Waals surface area contributed by atoms with Crippen molar-refractivity contribution in [1.82, 2.24) is 29.8 Å². The quantitative estimate of drug-likeness (QED) is 0.581. The lowest BCUT2D eigenvalue weighted by Crippen LogP contribution is -1.91. The highest BCUT2D eigenvalue weighted by Gasteiger charge is 2.04. The zero-order valence-electron chi connectivity index (χ0n) is 7.62. The molecule has 15 heavy (non-hydrogen) atoms. The summed E-state index contributed by atoms with van der Waals surface area (Å²) in [4.78, 5) is 8.25. The molecule has 3 aromatic heterocycles. The third-order valence-electron chi connectivity index (χ3n) is 2.04. The van der Waals surface area contributed by atoms with E-state index >= 15 is 0 Å². The standard InChI is InChI=1S/C8H7N7/c9-8-13-7-1-6(5-2-11-12-3-5)10-4-15(7)14-8/h1-4H,(H2,9,14)(H,11,12). The highest BCUT2D eigenvalue weighted by molar-refractivity contribution is 5.61. The Balaban J connectivity index is 2.21. The summed E-state index contributed by atoms with van der Waals surface area (Å²) < 4.78 is 1.53. The predicted octanol–water partition coefficient (Wildman–Crippen LogP) is 0.0966. The van der Waals surface area contributed by atoms with Crippen LogP contribution in [0, 0.1) is 0 Å². The summed E-state index contributed by atoms with van der Waals surface area (Å²) in [6.07, 6.45) is 5.03. The minimum absolute atomic E-state index is 0.237. The number of nitrogens with one attached hydrogen (secondary N) is 1. The Morgan fingerprint density at radius 1 is 1.40 bits per heavy atom. The van der Waals surface area contributed by atoms with Crippen LogP contribution in [0.1, 0.15) is 0 Å². The van der Waals surface area contributed by atoms with Gasteiger partial charge in [0.1, 0.15) is 6.33 Å². The summed E-state index contributed by atoms with van der Waals surface area (Å²) in [7, 11) is 0.